The zero-order chi connectivity index (χ0) is 16.0. The number of carbonyl (C=O) groups excluding carboxylic acids is 1. The summed E-state index contributed by atoms with van der Waals surface area (Å²) in [6, 6.07) is 6.35. The predicted octanol–water partition coefficient (Wildman–Crippen LogP) is 0.767. The Bertz CT molecular complexity index is 569. The number of benzene rings is 1. The highest BCUT2D eigenvalue weighted by Crippen LogP contribution is 2.14. The Kier molecular flexibility index (Phi) is 6.32. The first-order valence-electron chi connectivity index (χ1n) is 6.58. The Morgan fingerprint density at radius 3 is 2.43 bits per heavy atom. The minimum absolute atomic E-state index is 0.169. The predicted molar refractivity (Wildman–Crippen MR) is 80.5 cm³/mol. The van der Waals surface area contributed by atoms with Crippen molar-refractivity contribution in [3.63, 3.8) is 0 Å². The summed E-state index contributed by atoms with van der Waals surface area (Å²) in [7, 11) is -0.735. The minimum Gasteiger partial charge on any atom is -0.383 e. The molecule has 1 rings (SSSR count). The van der Waals surface area contributed by atoms with Gasteiger partial charge in [0.25, 0.3) is 0 Å². The molecule has 0 aliphatic heterocycles. The highest BCUT2D eigenvalue weighted by Gasteiger charge is 2.23. The van der Waals surface area contributed by atoms with Crippen LogP contribution in [0.2, 0.25) is 0 Å². The van der Waals surface area contributed by atoms with E-state index in [1.54, 1.807) is 19.1 Å². The Hall–Kier alpha value is -1.44. The van der Waals surface area contributed by atoms with Gasteiger partial charge in [0.1, 0.15) is 0 Å². The number of sulfonamides is 1. The average Bonchev–Trinajstić information content (AvgIpc) is 2.39. The van der Waals surface area contributed by atoms with Gasteiger partial charge in [0, 0.05) is 20.2 Å². The van der Waals surface area contributed by atoms with Crippen LogP contribution in [0.15, 0.2) is 29.2 Å². The second-order valence-electron chi connectivity index (χ2n) is 5.00. The quantitative estimate of drug-likeness (QED) is 0.806. The van der Waals surface area contributed by atoms with Gasteiger partial charge in [0.15, 0.2) is 0 Å². The Balaban J connectivity index is 2.71. The second kappa shape index (κ2) is 7.53. The highest BCUT2D eigenvalue weighted by molar-refractivity contribution is 7.89. The van der Waals surface area contributed by atoms with E-state index in [1.807, 2.05) is 6.92 Å². The van der Waals surface area contributed by atoms with Gasteiger partial charge in [-0.15, -0.1) is 0 Å². The van der Waals surface area contributed by atoms with Crippen molar-refractivity contribution < 1.29 is 17.9 Å². The Morgan fingerprint density at radius 2 is 1.90 bits per heavy atom. The lowest BCUT2D eigenvalue weighted by molar-refractivity contribution is -0.122. The zero-order valence-electron chi connectivity index (χ0n) is 12.8. The molecule has 0 spiro atoms. The molecule has 0 bridgehead atoms. The van der Waals surface area contributed by atoms with E-state index in [4.69, 9.17) is 4.74 Å². The molecule has 0 saturated carbocycles. The lowest BCUT2D eigenvalue weighted by Crippen LogP contribution is -2.43. The lowest BCUT2D eigenvalue weighted by Gasteiger charge is -2.19. The van der Waals surface area contributed by atoms with Crippen molar-refractivity contribution in [2.45, 2.75) is 24.8 Å². The van der Waals surface area contributed by atoms with Crippen LogP contribution < -0.4 is 5.32 Å². The summed E-state index contributed by atoms with van der Waals surface area (Å²) in [4.78, 5) is 12.0. The van der Waals surface area contributed by atoms with Crippen LogP contribution in [0.1, 0.15) is 12.5 Å². The van der Waals surface area contributed by atoms with Gasteiger partial charge in [0.05, 0.1) is 18.0 Å². The molecule has 1 aromatic carbocycles. The maximum absolute atomic E-state index is 12.3. The number of likely N-dealkylation sites (N-methyl/N-ethyl adjacent to an activating group) is 1. The molecule has 21 heavy (non-hydrogen) atoms. The molecule has 0 aromatic heterocycles. The summed E-state index contributed by atoms with van der Waals surface area (Å²) in [5.74, 6) is -0.363. The van der Waals surface area contributed by atoms with Crippen LogP contribution in [0.3, 0.4) is 0 Å². The van der Waals surface area contributed by atoms with Crippen molar-refractivity contribution in [3.05, 3.63) is 29.8 Å². The molecule has 0 heterocycles. The molecule has 0 radical (unpaired) electrons. The van der Waals surface area contributed by atoms with Gasteiger partial charge < -0.3 is 10.1 Å². The Morgan fingerprint density at radius 1 is 1.33 bits per heavy atom. The number of rotatable bonds is 7. The third-order valence-electron chi connectivity index (χ3n) is 2.92. The third kappa shape index (κ3) is 5.11. The number of nitrogens with one attached hydrogen (secondary N) is 1. The molecule has 0 aliphatic carbocycles. The van der Waals surface area contributed by atoms with E-state index in [2.05, 4.69) is 5.32 Å². The van der Waals surface area contributed by atoms with Crippen molar-refractivity contribution in [1.82, 2.24) is 9.62 Å². The summed E-state index contributed by atoms with van der Waals surface area (Å²) in [5.41, 5.74) is 0.975. The van der Waals surface area contributed by atoms with Gasteiger partial charge in [0.2, 0.25) is 15.9 Å². The van der Waals surface area contributed by atoms with Crippen LogP contribution in [0.5, 0.6) is 0 Å². The van der Waals surface area contributed by atoms with E-state index in [9.17, 15) is 13.2 Å². The Labute approximate surface area is 126 Å². The fourth-order valence-corrected chi connectivity index (χ4v) is 2.92. The first-order chi connectivity index (χ1) is 9.77. The first-order valence-corrected chi connectivity index (χ1v) is 8.02. The zero-order valence-corrected chi connectivity index (χ0v) is 13.6. The molecule has 1 N–H and O–H groups in total. The van der Waals surface area contributed by atoms with Crippen LogP contribution in [0.4, 0.5) is 0 Å². The van der Waals surface area contributed by atoms with Crippen molar-refractivity contribution in [1.29, 1.82) is 0 Å². The molecule has 0 saturated heterocycles. The topological polar surface area (TPSA) is 75.7 Å². The number of amides is 1. The molecule has 1 unspecified atom stereocenters. The molecule has 0 aliphatic rings. The highest BCUT2D eigenvalue weighted by atomic mass is 32.2. The van der Waals surface area contributed by atoms with Gasteiger partial charge >= 0.3 is 0 Å². The molecule has 1 amide bonds. The van der Waals surface area contributed by atoms with E-state index in [1.165, 1.54) is 26.3 Å². The summed E-state index contributed by atoms with van der Waals surface area (Å²) < 4.78 is 30.6. The van der Waals surface area contributed by atoms with Gasteiger partial charge in [-0.05, 0) is 26.0 Å². The SMILES string of the molecule is COCC(C)NC(=O)CN(C)S(=O)(=O)c1ccc(C)cc1. The van der Waals surface area contributed by atoms with E-state index in [0.717, 1.165) is 9.87 Å². The van der Waals surface area contributed by atoms with E-state index >= 15 is 0 Å². The molecule has 118 valence electrons. The number of aryl methyl sites for hydroxylation is 1. The van der Waals surface area contributed by atoms with Crippen LogP contribution in [-0.4, -0.2) is 52.0 Å². The molecule has 1 aromatic rings. The first kappa shape index (κ1) is 17.6. The minimum atomic E-state index is -3.66. The smallest absolute Gasteiger partial charge is 0.243 e. The summed E-state index contributed by atoms with van der Waals surface area (Å²) in [6.45, 7) is 3.81. The van der Waals surface area contributed by atoms with E-state index in [0.29, 0.717) is 6.61 Å². The molecule has 0 fully saturated rings. The molecule has 6 nitrogen and oxygen atoms in total. The van der Waals surface area contributed by atoms with Crippen LogP contribution in [-0.2, 0) is 19.6 Å². The van der Waals surface area contributed by atoms with Gasteiger partial charge in [-0.2, -0.15) is 4.31 Å². The molecular formula is C14H22N2O4S. The number of ether oxygens (including phenoxy) is 1. The van der Waals surface area contributed by atoms with Crippen LogP contribution >= 0.6 is 0 Å². The lowest BCUT2D eigenvalue weighted by atomic mass is 10.2. The fourth-order valence-electron chi connectivity index (χ4n) is 1.79. The summed E-state index contributed by atoms with van der Waals surface area (Å²) in [5, 5.41) is 2.67. The van der Waals surface area contributed by atoms with Gasteiger partial charge in [-0.25, -0.2) is 8.42 Å². The number of methoxy groups -OCH3 is 1. The van der Waals surface area contributed by atoms with Crippen molar-refractivity contribution in [2.75, 3.05) is 27.3 Å². The molecular weight excluding hydrogens is 292 g/mol. The number of carbonyl (C=O) groups is 1. The summed E-state index contributed by atoms with van der Waals surface area (Å²) >= 11 is 0. The maximum Gasteiger partial charge on any atom is 0.243 e. The normalized spacial score (nSPS) is 13.2. The molecule has 7 heteroatoms. The standard InChI is InChI=1S/C14H22N2O4S/c1-11-5-7-13(8-6-11)21(18,19)16(3)9-14(17)15-12(2)10-20-4/h5-8,12H,9-10H2,1-4H3,(H,15,17). The van der Waals surface area contributed by atoms with Crippen molar-refractivity contribution in [2.24, 2.45) is 0 Å². The van der Waals surface area contributed by atoms with Gasteiger partial charge in [-0.3, -0.25) is 4.79 Å². The number of hydrogen-bond acceptors (Lipinski definition) is 4. The third-order valence-corrected chi connectivity index (χ3v) is 4.74. The summed E-state index contributed by atoms with van der Waals surface area (Å²) in [6.07, 6.45) is 0. The van der Waals surface area contributed by atoms with Crippen molar-refractivity contribution >= 4 is 15.9 Å². The maximum atomic E-state index is 12.3. The largest absolute Gasteiger partial charge is 0.383 e. The van der Waals surface area contributed by atoms with Crippen molar-refractivity contribution in [3.8, 4) is 0 Å². The molecule has 1 atom stereocenters. The van der Waals surface area contributed by atoms with Crippen LogP contribution in [0.25, 0.3) is 0 Å². The monoisotopic (exact) mass is 314 g/mol. The van der Waals surface area contributed by atoms with Crippen LogP contribution in [0, 0.1) is 6.92 Å². The van der Waals surface area contributed by atoms with Gasteiger partial charge in [-0.1, -0.05) is 17.7 Å². The number of hydrogen-bond donors (Lipinski definition) is 1. The second-order valence-corrected chi connectivity index (χ2v) is 7.04. The number of nitrogens with zero attached hydrogens (tertiary/aromatic N) is 1. The van der Waals surface area contributed by atoms with E-state index in [-0.39, 0.29) is 23.4 Å². The average molecular weight is 314 g/mol. The fraction of sp³-hybridized carbons (Fsp3) is 0.500. The van der Waals surface area contributed by atoms with E-state index < -0.39 is 10.0 Å².